The first kappa shape index (κ1) is 8.58. The average molecular weight is 179 g/mol. The molecule has 0 saturated carbocycles. The fraction of sp³-hybridized carbons (Fsp3) is 0.700. The molecule has 0 aromatic heterocycles. The molecule has 0 radical (unpaired) electrons. The van der Waals surface area contributed by atoms with Crippen LogP contribution in [-0.4, -0.2) is 36.1 Å². The summed E-state index contributed by atoms with van der Waals surface area (Å²) in [6.07, 6.45) is 8.16. The Labute approximate surface area is 78.0 Å². The van der Waals surface area contributed by atoms with Crippen LogP contribution < -0.4 is 0 Å². The van der Waals surface area contributed by atoms with Gasteiger partial charge in [0.1, 0.15) is 0 Å². The number of carbonyl (C=O) groups excluding carboxylic acids is 1. The number of rotatable bonds is 0. The molecular weight excluding hydrogens is 166 g/mol. The zero-order chi connectivity index (χ0) is 9.31. The van der Waals surface area contributed by atoms with Gasteiger partial charge in [0.2, 0.25) is 0 Å². The van der Waals surface area contributed by atoms with Crippen LogP contribution in [0.2, 0.25) is 0 Å². The Morgan fingerprint density at radius 3 is 3.00 bits per heavy atom. The maximum Gasteiger partial charge on any atom is 0.298 e. The summed E-state index contributed by atoms with van der Waals surface area (Å²) in [5.74, 6) is 2.01. The van der Waals surface area contributed by atoms with Crippen LogP contribution in [0, 0.1) is 12.3 Å². The SMILES string of the molecule is C#CC(=O)N1CCCC12CCOC2. The molecule has 0 bridgehead atoms. The van der Waals surface area contributed by atoms with Crippen LogP contribution in [0.5, 0.6) is 0 Å². The fourth-order valence-electron chi connectivity index (χ4n) is 2.34. The topological polar surface area (TPSA) is 29.5 Å². The number of carbonyl (C=O) groups is 1. The number of hydrogen-bond acceptors (Lipinski definition) is 2. The third-order valence-electron chi connectivity index (χ3n) is 3.05. The van der Waals surface area contributed by atoms with E-state index >= 15 is 0 Å². The molecule has 3 nitrogen and oxygen atoms in total. The van der Waals surface area contributed by atoms with Crippen molar-refractivity contribution in [3.63, 3.8) is 0 Å². The normalized spacial score (nSPS) is 32.4. The zero-order valence-corrected chi connectivity index (χ0v) is 7.58. The van der Waals surface area contributed by atoms with Crippen molar-refractivity contribution in [3.8, 4) is 12.3 Å². The van der Waals surface area contributed by atoms with Gasteiger partial charge < -0.3 is 9.64 Å². The minimum Gasteiger partial charge on any atom is -0.379 e. The third kappa shape index (κ3) is 1.22. The predicted molar refractivity (Wildman–Crippen MR) is 47.9 cm³/mol. The van der Waals surface area contributed by atoms with Gasteiger partial charge in [-0.25, -0.2) is 0 Å². The molecule has 0 aromatic rings. The Kier molecular flexibility index (Phi) is 2.01. The van der Waals surface area contributed by atoms with Crippen molar-refractivity contribution in [3.05, 3.63) is 0 Å². The molecule has 2 heterocycles. The van der Waals surface area contributed by atoms with E-state index in [0.717, 1.165) is 32.4 Å². The molecule has 0 aliphatic carbocycles. The molecule has 2 aliphatic heterocycles. The highest BCUT2D eigenvalue weighted by Crippen LogP contribution is 2.36. The van der Waals surface area contributed by atoms with E-state index in [1.165, 1.54) is 0 Å². The Bertz CT molecular complexity index is 255. The first-order valence-electron chi connectivity index (χ1n) is 4.64. The molecule has 2 saturated heterocycles. The minimum atomic E-state index is -0.178. The number of nitrogens with zero attached hydrogens (tertiary/aromatic N) is 1. The summed E-state index contributed by atoms with van der Waals surface area (Å²) in [6.45, 7) is 2.22. The Hall–Kier alpha value is -1.01. The summed E-state index contributed by atoms with van der Waals surface area (Å²) in [4.78, 5) is 13.2. The molecular formula is C10H13NO2. The van der Waals surface area contributed by atoms with E-state index in [-0.39, 0.29) is 11.4 Å². The minimum absolute atomic E-state index is 0.0521. The van der Waals surface area contributed by atoms with Crippen LogP contribution >= 0.6 is 0 Å². The number of hydrogen-bond donors (Lipinski definition) is 0. The Balaban J connectivity index is 2.19. The first-order valence-corrected chi connectivity index (χ1v) is 4.64. The molecule has 70 valence electrons. The Morgan fingerprint density at radius 2 is 2.38 bits per heavy atom. The standard InChI is InChI=1S/C10H13NO2/c1-2-9(12)11-6-3-4-10(11)5-7-13-8-10/h1H,3-8H2. The second-order valence-corrected chi connectivity index (χ2v) is 3.73. The van der Waals surface area contributed by atoms with E-state index in [1.54, 1.807) is 0 Å². The number of terminal acetylenes is 1. The van der Waals surface area contributed by atoms with Gasteiger partial charge in [-0.05, 0) is 25.2 Å². The van der Waals surface area contributed by atoms with Crippen LogP contribution in [0.25, 0.3) is 0 Å². The van der Waals surface area contributed by atoms with Gasteiger partial charge in [0, 0.05) is 13.2 Å². The number of amides is 1. The smallest absolute Gasteiger partial charge is 0.298 e. The van der Waals surface area contributed by atoms with E-state index in [4.69, 9.17) is 11.2 Å². The van der Waals surface area contributed by atoms with Crippen LogP contribution in [-0.2, 0) is 9.53 Å². The van der Waals surface area contributed by atoms with Crippen LogP contribution in [0.4, 0.5) is 0 Å². The van der Waals surface area contributed by atoms with Gasteiger partial charge in [-0.15, -0.1) is 6.42 Å². The lowest BCUT2D eigenvalue weighted by molar-refractivity contribution is -0.129. The molecule has 2 fully saturated rings. The third-order valence-corrected chi connectivity index (χ3v) is 3.05. The molecule has 2 aliphatic rings. The summed E-state index contributed by atoms with van der Waals surface area (Å²) in [5, 5.41) is 0. The van der Waals surface area contributed by atoms with Gasteiger partial charge in [-0.1, -0.05) is 0 Å². The predicted octanol–water partition coefficient (Wildman–Crippen LogP) is 0.401. The van der Waals surface area contributed by atoms with Crippen molar-refractivity contribution < 1.29 is 9.53 Å². The van der Waals surface area contributed by atoms with Gasteiger partial charge in [-0.3, -0.25) is 4.79 Å². The lowest BCUT2D eigenvalue weighted by atomic mass is 9.95. The Morgan fingerprint density at radius 1 is 1.54 bits per heavy atom. The van der Waals surface area contributed by atoms with Crippen molar-refractivity contribution in [2.24, 2.45) is 0 Å². The van der Waals surface area contributed by atoms with Gasteiger partial charge in [0.05, 0.1) is 12.1 Å². The van der Waals surface area contributed by atoms with E-state index in [2.05, 4.69) is 5.92 Å². The molecule has 13 heavy (non-hydrogen) atoms. The quantitative estimate of drug-likeness (QED) is 0.504. The van der Waals surface area contributed by atoms with E-state index in [9.17, 15) is 4.79 Å². The molecule has 1 spiro atoms. The lowest BCUT2D eigenvalue weighted by Crippen LogP contribution is -2.47. The molecule has 0 aromatic carbocycles. The first-order chi connectivity index (χ1) is 6.28. The van der Waals surface area contributed by atoms with Crippen LogP contribution in [0.1, 0.15) is 19.3 Å². The monoisotopic (exact) mass is 179 g/mol. The van der Waals surface area contributed by atoms with E-state index < -0.39 is 0 Å². The van der Waals surface area contributed by atoms with Crippen LogP contribution in [0.3, 0.4) is 0 Å². The highest BCUT2D eigenvalue weighted by molar-refractivity contribution is 5.93. The number of likely N-dealkylation sites (tertiary alicyclic amines) is 1. The van der Waals surface area contributed by atoms with Crippen molar-refractivity contribution in [2.75, 3.05) is 19.8 Å². The van der Waals surface area contributed by atoms with E-state index in [0.29, 0.717) is 6.61 Å². The van der Waals surface area contributed by atoms with Crippen molar-refractivity contribution in [1.29, 1.82) is 0 Å². The van der Waals surface area contributed by atoms with E-state index in [1.807, 2.05) is 4.90 Å². The van der Waals surface area contributed by atoms with Gasteiger partial charge in [0.15, 0.2) is 0 Å². The molecule has 0 N–H and O–H groups in total. The van der Waals surface area contributed by atoms with Gasteiger partial charge in [0.25, 0.3) is 5.91 Å². The molecule has 2 rings (SSSR count). The summed E-state index contributed by atoms with van der Waals surface area (Å²) in [5.41, 5.74) is -0.0521. The lowest BCUT2D eigenvalue weighted by Gasteiger charge is -2.31. The van der Waals surface area contributed by atoms with Crippen molar-refractivity contribution in [2.45, 2.75) is 24.8 Å². The number of ether oxygens (including phenoxy) is 1. The fourth-order valence-corrected chi connectivity index (χ4v) is 2.34. The average Bonchev–Trinajstić information content (AvgIpc) is 2.76. The maximum atomic E-state index is 11.4. The summed E-state index contributed by atoms with van der Waals surface area (Å²) in [7, 11) is 0. The van der Waals surface area contributed by atoms with Crippen LogP contribution in [0.15, 0.2) is 0 Å². The highest BCUT2D eigenvalue weighted by Gasteiger charge is 2.45. The molecule has 1 amide bonds. The largest absolute Gasteiger partial charge is 0.379 e. The maximum absolute atomic E-state index is 11.4. The zero-order valence-electron chi connectivity index (χ0n) is 7.58. The van der Waals surface area contributed by atoms with Gasteiger partial charge >= 0.3 is 0 Å². The van der Waals surface area contributed by atoms with Crippen molar-refractivity contribution in [1.82, 2.24) is 4.90 Å². The summed E-state index contributed by atoms with van der Waals surface area (Å²) < 4.78 is 5.34. The second kappa shape index (κ2) is 3.04. The molecule has 1 unspecified atom stereocenters. The molecule has 1 atom stereocenters. The second-order valence-electron chi connectivity index (χ2n) is 3.73. The van der Waals surface area contributed by atoms with Crippen molar-refractivity contribution >= 4 is 5.91 Å². The summed E-state index contributed by atoms with van der Waals surface area (Å²) in [6, 6.07) is 0. The van der Waals surface area contributed by atoms with Gasteiger partial charge in [-0.2, -0.15) is 0 Å². The highest BCUT2D eigenvalue weighted by atomic mass is 16.5. The summed E-state index contributed by atoms with van der Waals surface area (Å²) >= 11 is 0. The molecule has 3 heteroatoms.